The van der Waals surface area contributed by atoms with Gasteiger partial charge in [0, 0.05) is 13.0 Å². The SMILES string of the molecule is CC.CCC(=O)NS(=O)NCc1ccc(C)cc1. The van der Waals surface area contributed by atoms with Gasteiger partial charge < -0.3 is 0 Å². The van der Waals surface area contributed by atoms with Crippen LogP contribution in [0.5, 0.6) is 0 Å². The van der Waals surface area contributed by atoms with Gasteiger partial charge in [-0.25, -0.2) is 8.93 Å². The molecule has 18 heavy (non-hydrogen) atoms. The molecule has 102 valence electrons. The number of rotatable bonds is 5. The molecule has 1 aromatic carbocycles. The van der Waals surface area contributed by atoms with E-state index in [2.05, 4.69) is 9.44 Å². The highest BCUT2D eigenvalue weighted by atomic mass is 32.2. The Morgan fingerprint density at radius 2 is 1.78 bits per heavy atom. The Bertz CT molecular complexity index is 377. The lowest BCUT2D eigenvalue weighted by atomic mass is 10.2. The Balaban J connectivity index is 0.00000137. The Morgan fingerprint density at radius 1 is 1.22 bits per heavy atom. The second-order valence-corrected chi connectivity index (χ2v) is 4.48. The van der Waals surface area contributed by atoms with E-state index in [-0.39, 0.29) is 5.91 Å². The van der Waals surface area contributed by atoms with E-state index < -0.39 is 11.2 Å². The molecule has 2 N–H and O–H groups in total. The molecule has 0 saturated carbocycles. The summed E-state index contributed by atoms with van der Waals surface area (Å²) in [5.74, 6) is -0.227. The molecule has 4 nitrogen and oxygen atoms in total. The quantitative estimate of drug-likeness (QED) is 0.862. The summed E-state index contributed by atoms with van der Waals surface area (Å²) in [4.78, 5) is 10.9. The Labute approximate surface area is 112 Å². The normalized spacial score (nSPS) is 11.1. The van der Waals surface area contributed by atoms with Crippen LogP contribution in [0.3, 0.4) is 0 Å². The Hall–Kier alpha value is -1.20. The van der Waals surface area contributed by atoms with Crippen LogP contribution >= 0.6 is 0 Å². The summed E-state index contributed by atoms with van der Waals surface area (Å²) in [6.45, 7) is 8.19. The van der Waals surface area contributed by atoms with Crippen molar-refractivity contribution in [1.82, 2.24) is 9.44 Å². The molecule has 0 aromatic heterocycles. The van der Waals surface area contributed by atoms with Gasteiger partial charge in [-0.1, -0.05) is 50.6 Å². The summed E-state index contributed by atoms with van der Waals surface area (Å²) in [6, 6.07) is 7.90. The first kappa shape index (κ1) is 16.8. The molecule has 5 heteroatoms. The van der Waals surface area contributed by atoms with Gasteiger partial charge in [0.1, 0.15) is 0 Å². The molecule has 0 radical (unpaired) electrons. The van der Waals surface area contributed by atoms with Crippen molar-refractivity contribution < 1.29 is 9.00 Å². The molecule has 1 amide bonds. The van der Waals surface area contributed by atoms with Crippen molar-refractivity contribution in [3.05, 3.63) is 35.4 Å². The number of nitrogens with one attached hydrogen (secondary N) is 2. The molecule has 0 aliphatic rings. The molecule has 0 spiro atoms. The lowest BCUT2D eigenvalue weighted by Crippen LogP contribution is -2.33. The van der Waals surface area contributed by atoms with Gasteiger partial charge in [-0.15, -0.1) is 0 Å². The van der Waals surface area contributed by atoms with E-state index >= 15 is 0 Å². The predicted molar refractivity (Wildman–Crippen MR) is 75.9 cm³/mol. The summed E-state index contributed by atoms with van der Waals surface area (Å²) in [5, 5.41) is 0. The summed E-state index contributed by atoms with van der Waals surface area (Å²) in [7, 11) is 0. The molecule has 0 aliphatic carbocycles. The Kier molecular flexibility index (Phi) is 9.14. The fourth-order valence-corrected chi connectivity index (χ4v) is 1.79. The topological polar surface area (TPSA) is 58.2 Å². The van der Waals surface area contributed by atoms with Crippen molar-refractivity contribution in [2.75, 3.05) is 0 Å². The van der Waals surface area contributed by atoms with E-state index in [1.165, 1.54) is 5.56 Å². The van der Waals surface area contributed by atoms with Crippen molar-refractivity contribution in [2.45, 2.75) is 40.7 Å². The molecular formula is C13H22N2O2S. The van der Waals surface area contributed by atoms with Crippen molar-refractivity contribution in [3.63, 3.8) is 0 Å². The van der Waals surface area contributed by atoms with E-state index in [0.717, 1.165) is 5.56 Å². The third-order valence-electron chi connectivity index (χ3n) is 2.06. The van der Waals surface area contributed by atoms with Crippen LogP contribution in [0.1, 0.15) is 38.3 Å². The van der Waals surface area contributed by atoms with Crippen LogP contribution in [0, 0.1) is 6.92 Å². The summed E-state index contributed by atoms with van der Waals surface area (Å²) < 4.78 is 16.4. The standard InChI is InChI=1S/C11H16N2O2S.C2H6/c1-3-11(14)13-16(15)12-8-10-6-4-9(2)5-7-10;1-2/h4-7,12H,3,8H2,1-2H3,(H,13,14);1-2H3. The first-order valence-corrected chi connectivity index (χ1v) is 7.27. The molecular weight excluding hydrogens is 248 g/mol. The smallest absolute Gasteiger partial charge is 0.232 e. The number of benzene rings is 1. The largest absolute Gasteiger partial charge is 0.274 e. The maximum absolute atomic E-state index is 11.3. The monoisotopic (exact) mass is 270 g/mol. The number of carbonyl (C=O) groups is 1. The lowest BCUT2D eigenvalue weighted by molar-refractivity contribution is -0.118. The van der Waals surface area contributed by atoms with Crippen LogP contribution in [-0.2, 0) is 22.5 Å². The lowest BCUT2D eigenvalue weighted by Gasteiger charge is -2.05. The minimum Gasteiger partial charge on any atom is -0.274 e. The van der Waals surface area contributed by atoms with Gasteiger partial charge in [0.2, 0.25) is 5.91 Å². The zero-order chi connectivity index (χ0) is 14.0. The minimum absolute atomic E-state index is 0.227. The van der Waals surface area contributed by atoms with E-state index in [9.17, 15) is 9.00 Å². The minimum atomic E-state index is -1.51. The maximum Gasteiger partial charge on any atom is 0.232 e. The second kappa shape index (κ2) is 9.79. The van der Waals surface area contributed by atoms with Crippen LogP contribution in [-0.4, -0.2) is 10.1 Å². The average Bonchev–Trinajstić information content (AvgIpc) is 2.40. The molecule has 1 unspecified atom stereocenters. The molecule has 1 atom stereocenters. The number of hydrogen-bond donors (Lipinski definition) is 2. The fourth-order valence-electron chi connectivity index (χ4n) is 1.07. The van der Waals surface area contributed by atoms with Crippen LogP contribution < -0.4 is 9.44 Å². The molecule has 1 rings (SSSR count). The third kappa shape index (κ3) is 7.19. The van der Waals surface area contributed by atoms with Gasteiger partial charge in [-0.05, 0) is 12.5 Å². The van der Waals surface area contributed by atoms with E-state index in [1.54, 1.807) is 6.92 Å². The summed E-state index contributed by atoms with van der Waals surface area (Å²) in [5.41, 5.74) is 2.22. The van der Waals surface area contributed by atoms with Crippen LogP contribution in [0.2, 0.25) is 0 Å². The molecule has 0 saturated heterocycles. The highest BCUT2D eigenvalue weighted by Gasteiger charge is 2.02. The van der Waals surface area contributed by atoms with Crippen molar-refractivity contribution in [2.24, 2.45) is 0 Å². The molecule has 0 bridgehead atoms. The number of amides is 1. The highest BCUT2D eigenvalue weighted by Crippen LogP contribution is 2.02. The zero-order valence-corrected chi connectivity index (χ0v) is 12.3. The molecule has 0 heterocycles. The van der Waals surface area contributed by atoms with Gasteiger partial charge in [-0.2, -0.15) is 0 Å². The highest BCUT2D eigenvalue weighted by molar-refractivity contribution is 7.81. The van der Waals surface area contributed by atoms with Crippen LogP contribution in [0.25, 0.3) is 0 Å². The van der Waals surface area contributed by atoms with Crippen LogP contribution in [0.15, 0.2) is 24.3 Å². The van der Waals surface area contributed by atoms with Crippen molar-refractivity contribution in [3.8, 4) is 0 Å². The summed E-state index contributed by atoms with van der Waals surface area (Å²) in [6.07, 6.45) is 0.331. The van der Waals surface area contributed by atoms with E-state index in [4.69, 9.17) is 0 Å². The Morgan fingerprint density at radius 3 is 2.28 bits per heavy atom. The first-order chi connectivity index (χ1) is 8.61. The number of hydrogen-bond acceptors (Lipinski definition) is 2. The second-order valence-electron chi connectivity index (χ2n) is 3.45. The summed E-state index contributed by atoms with van der Waals surface area (Å²) >= 11 is -1.51. The van der Waals surface area contributed by atoms with E-state index in [1.807, 2.05) is 45.0 Å². The molecule has 0 fully saturated rings. The maximum atomic E-state index is 11.3. The number of carbonyl (C=O) groups excluding carboxylic acids is 1. The average molecular weight is 270 g/mol. The molecule has 0 aliphatic heterocycles. The van der Waals surface area contributed by atoms with E-state index in [0.29, 0.717) is 13.0 Å². The zero-order valence-electron chi connectivity index (χ0n) is 11.4. The van der Waals surface area contributed by atoms with Gasteiger partial charge in [0.05, 0.1) is 0 Å². The predicted octanol–water partition coefficient (Wildman–Crippen LogP) is 2.22. The van der Waals surface area contributed by atoms with Crippen LogP contribution in [0.4, 0.5) is 0 Å². The van der Waals surface area contributed by atoms with Gasteiger partial charge in [0.25, 0.3) is 0 Å². The molecule has 1 aromatic rings. The van der Waals surface area contributed by atoms with Gasteiger partial charge in [0.15, 0.2) is 11.2 Å². The fraction of sp³-hybridized carbons (Fsp3) is 0.462. The van der Waals surface area contributed by atoms with Crippen molar-refractivity contribution >= 4 is 17.1 Å². The van der Waals surface area contributed by atoms with Gasteiger partial charge >= 0.3 is 0 Å². The third-order valence-corrected chi connectivity index (χ3v) is 2.88. The number of aryl methyl sites for hydroxylation is 1. The first-order valence-electron chi connectivity index (χ1n) is 6.12. The van der Waals surface area contributed by atoms with Gasteiger partial charge in [-0.3, -0.25) is 9.52 Å². The van der Waals surface area contributed by atoms with Crippen molar-refractivity contribution in [1.29, 1.82) is 0 Å².